The lowest BCUT2D eigenvalue weighted by Crippen LogP contribution is -2.10. The summed E-state index contributed by atoms with van der Waals surface area (Å²) in [6, 6.07) is 5.01. The number of carbonyl (C=O) groups excluding carboxylic acids is 1. The van der Waals surface area contributed by atoms with Gasteiger partial charge in [0.25, 0.3) is 0 Å². The first-order chi connectivity index (χ1) is 9.69. The number of nitrogens with two attached hydrogens (primary N) is 1. The predicted octanol–water partition coefficient (Wildman–Crippen LogP) is 1.52. The van der Waals surface area contributed by atoms with Crippen molar-refractivity contribution in [3.05, 3.63) is 23.8 Å². The zero-order valence-electron chi connectivity index (χ0n) is 12.0. The fourth-order valence-electron chi connectivity index (χ4n) is 1.60. The largest absolute Gasteiger partial charge is 0.465 e. The van der Waals surface area contributed by atoms with Crippen molar-refractivity contribution in [2.75, 3.05) is 51.6 Å². The number of carbonyl (C=O) groups is 1. The first-order valence-corrected chi connectivity index (χ1v) is 6.47. The number of ether oxygens (including phenoxy) is 3. The van der Waals surface area contributed by atoms with Gasteiger partial charge in [0, 0.05) is 20.3 Å². The number of benzene rings is 1. The number of hydrogen-bond acceptors (Lipinski definition) is 6. The summed E-state index contributed by atoms with van der Waals surface area (Å²) in [5, 5.41) is 3.18. The van der Waals surface area contributed by atoms with E-state index < -0.39 is 0 Å². The van der Waals surface area contributed by atoms with Crippen LogP contribution in [0.5, 0.6) is 0 Å². The van der Waals surface area contributed by atoms with Gasteiger partial charge in [-0.1, -0.05) is 0 Å². The highest BCUT2D eigenvalue weighted by molar-refractivity contribution is 5.91. The smallest absolute Gasteiger partial charge is 0.337 e. The number of methoxy groups -OCH3 is 2. The summed E-state index contributed by atoms with van der Waals surface area (Å²) in [4.78, 5) is 11.4. The molecule has 1 aromatic carbocycles. The SMILES string of the molecule is COCCOCCCNc1cc(C(=O)OC)ccc1N. The van der Waals surface area contributed by atoms with Gasteiger partial charge in [-0.3, -0.25) is 0 Å². The molecular weight excluding hydrogens is 260 g/mol. The molecule has 6 heteroatoms. The Bertz CT molecular complexity index is 424. The lowest BCUT2D eigenvalue weighted by atomic mass is 10.1. The van der Waals surface area contributed by atoms with E-state index in [9.17, 15) is 4.79 Å². The molecule has 0 spiro atoms. The Morgan fingerprint density at radius 2 is 2.05 bits per heavy atom. The molecule has 112 valence electrons. The van der Waals surface area contributed by atoms with Gasteiger partial charge >= 0.3 is 5.97 Å². The Labute approximate surface area is 119 Å². The molecule has 0 aromatic heterocycles. The van der Waals surface area contributed by atoms with Crippen LogP contribution in [0.4, 0.5) is 11.4 Å². The van der Waals surface area contributed by atoms with Crippen LogP contribution >= 0.6 is 0 Å². The minimum absolute atomic E-state index is 0.379. The summed E-state index contributed by atoms with van der Waals surface area (Å²) in [6.07, 6.45) is 0.839. The Balaban J connectivity index is 2.37. The Morgan fingerprint density at radius 1 is 1.25 bits per heavy atom. The van der Waals surface area contributed by atoms with Gasteiger partial charge in [-0.2, -0.15) is 0 Å². The second kappa shape index (κ2) is 9.17. The zero-order valence-corrected chi connectivity index (χ0v) is 12.0. The molecule has 0 bridgehead atoms. The lowest BCUT2D eigenvalue weighted by molar-refractivity contribution is 0.0601. The quantitative estimate of drug-likeness (QED) is 0.406. The molecule has 0 aliphatic carbocycles. The molecule has 0 atom stereocenters. The summed E-state index contributed by atoms with van der Waals surface area (Å²) in [7, 11) is 2.99. The van der Waals surface area contributed by atoms with Crippen molar-refractivity contribution in [2.24, 2.45) is 0 Å². The normalized spacial score (nSPS) is 10.3. The highest BCUT2D eigenvalue weighted by Crippen LogP contribution is 2.20. The number of hydrogen-bond donors (Lipinski definition) is 2. The second-order valence-corrected chi connectivity index (χ2v) is 4.18. The summed E-state index contributed by atoms with van der Waals surface area (Å²) < 4.78 is 14.9. The zero-order chi connectivity index (χ0) is 14.8. The van der Waals surface area contributed by atoms with Crippen molar-refractivity contribution in [2.45, 2.75) is 6.42 Å². The fourth-order valence-corrected chi connectivity index (χ4v) is 1.60. The van der Waals surface area contributed by atoms with Crippen molar-refractivity contribution in [1.82, 2.24) is 0 Å². The van der Waals surface area contributed by atoms with Crippen LogP contribution in [0.15, 0.2) is 18.2 Å². The molecule has 0 heterocycles. The molecule has 0 radical (unpaired) electrons. The average Bonchev–Trinajstić information content (AvgIpc) is 2.47. The Hall–Kier alpha value is -1.79. The van der Waals surface area contributed by atoms with E-state index in [1.165, 1.54) is 7.11 Å². The number of nitrogens with one attached hydrogen (secondary N) is 1. The topological polar surface area (TPSA) is 82.8 Å². The molecule has 0 saturated heterocycles. The van der Waals surface area contributed by atoms with E-state index in [1.54, 1.807) is 25.3 Å². The molecule has 0 unspecified atom stereocenters. The predicted molar refractivity (Wildman–Crippen MR) is 78.0 cm³/mol. The monoisotopic (exact) mass is 282 g/mol. The average molecular weight is 282 g/mol. The van der Waals surface area contributed by atoms with Crippen molar-refractivity contribution >= 4 is 17.3 Å². The van der Waals surface area contributed by atoms with Crippen LogP contribution in [0.3, 0.4) is 0 Å². The van der Waals surface area contributed by atoms with Gasteiger partial charge in [0.05, 0.1) is 37.3 Å². The fraction of sp³-hybridized carbons (Fsp3) is 0.500. The maximum absolute atomic E-state index is 11.4. The van der Waals surface area contributed by atoms with Gasteiger partial charge < -0.3 is 25.3 Å². The minimum atomic E-state index is -0.379. The Kier molecular flexibility index (Phi) is 7.46. The number of nitrogen functional groups attached to an aromatic ring is 1. The Morgan fingerprint density at radius 3 is 2.75 bits per heavy atom. The highest BCUT2D eigenvalue weighted by Gasteiger charge is 2.07. The van der Waals surface area contributed by atoms with Gasteiger partial charge in [-0.05, 0) is 24.6 Å². The van der Waals surface area contributed by atoms with Crippen molar-refractivity contribution in [3.63, 3.8) is 0 Å². The molecule has 0 amide bonds. The molecule has 0 fully saturated rings. The molecule has 0 aliphatic rings. The van der Waals surface area contributed by atoms with Gasteiger partial charge in [0.1, 0.15) is 0 Å². The van der Waals surface area contributed by atoms with Crippen LogP contribution in [0.2, 0.25) is 0 Å². The number of anilines is 2. The van der Waals surface area contributed by atoms with E-state index in [1.807, 2.05) is 0 Å². The molecular formula is C14H22N2O4. The van der Waals surface area contributed by atoms with E-state index in [2.05, 4.69) is 10.1 Å². The van der Waals surface area contributed by atoms with E-state index in [0.29, 0.717) is 37.6 Å². The van der Waals surface area contributed by atoms with Crippen molar-refractivity contribution in [1.29, 1.82) is 0 Å². The van der Waals surface area contributed by atoms with E-state index in [-0.39, 0.29) is 5.97 Å². The van der Waals surface area contributed by atoms with Crippen LogP contribution in [0.1, 0.15) is 16.8 Å². The van der Waals surface area contributed by atoms with Crippen LogP contribution in [-0.2, 0) is 14.2 Å². The third kappa shape index (κ3) is 5.46. The third-order valence-electron chi connectivity index (χ3n) is 2.69. The molecule has 1 rings (SSSR count). The summed E-state index contributed by atoms with van der Waals surface area (Å²) in [5.74, 6) is -0.379. The highest BCUT2D eigenvalue weighted by atomic mass is 16.5. The molecule has 0 saturated carbocycles. The van der Waals surface area contributed by atoms with E-state index in [4.69, 9.17) is 15.2 Å². The molecule has 1 aromatic rings. The summed E-state index contributed by atoms with van der Waals surface area (Å²) in [5.41, 5.74) is 7.64. The van der Waals surface area contributed by atoms with Crippen molar-refractivity contribution in [3.8, 4) is 0 Å². The molecule has 6 nitrogen and oxygen atoms in total. The van der Waals surface area contributed by atoms with Crippen LogP contribution in [-0.4, -0.2) is 46.6 Å². The van der Waals surface area contributed by atoms with Crippen LogP contribution in [0, 0.1) is 0 Å². The number of esters is 1. The first-order valence-electron chi connectivity index (χ1n) is 6.47. The summed E-state index contributed by atoms with van der Waals surface area (Å²) in [6.45, 7) is 2.55. The second-order valence-electron chi connectivity index (χ2n) is 4.18. The van der Waals surface area contributed by atoms with Gasteiger partial charge in [0.15, 0.2) is 0 Å². The summed E-state index contributed by atoms with van der Waals surface area (Å²) >= 11 is 0. The minimum Gasteiger partial charge on any atom is -0.465 e. The molecule has 3 N–H and O–H groups in total. The van der Waals surface area contributed by atoms with Gasteiger partial charge in [-0.25, -0.2) is 4.79 Å². The van der Waals surface area contributed by atoms with E-state index >= 15 is 0 Å². The number of rotatable bonds is 9. The lowest BCUT2D eigenvalue weighted by Gasteiger charge is -2.11. The maximum Gasteiger partial charge on any atom is 0.337 e. The van der Waals surface area contributed by atoms with Gasteiger partial charge in [-0.15, -0.1) is 0 Å². The van der Waals surface area contributed by atoms with Gasteiger partial charge in [0.2, 0.25) is 0 Å². The standard InChI is InChI=1S/C14H22N2O4/c1-18-8-9-20-7-3-6-16-13-10-11(14(17)19-2)4-5-12(13)15/h4-5,10,16H,3,6-9,15H2,1-2H3. The molecule has 20 heavy (non-hydrogen) atoms. The van der Waals surface area contributed by atoms with Crippen LogP contribution in [0.25, 0.3) is 0 Å². The first kappa shape index (κ1) is 16.3. The van der Waals surface area contributed by atoms with Crippen LogP contribution < -0.4 is 11.1 Å². The molecule has 0 aliphatic heterocycles. The van der Waals surface area contributed by atoms with E-state index in [0.717, 1.165) is 12.1 Å². The van der Waals surface area contributed by atoms with Crippen molar-refractivity contribution < 1.29 is 19.0 Å². The third-order valence-corrected chi connectivity index (χ3v) is 2.69. The maximum atomic E-state index is 11.4.